The molecule has 17 heavy (non-hydrogen) atoms. The van der Waals surface area contributed by atoms with Crippen molar-refractivity contribution in [2.45, 2.75) is 25.9 Å². The van der Waals surface area contributed by atoms with Crippen molar-refractivity contribution in [2.75, 3.05) is 13.1 Å². The van der Waals surface area contributed by atoms with E-state index in [9.17, 15) is 5.11 Å². The lowest BCUT2D eigenvalue weighted by Gasteiger charge is -2.09. The quantitative estimate of drug-likeness (QED) is 0.397. The number of hydrogen-bond acceptors (Lipinski definition) is 2. The van der Waals surface area contributed by atoms with Crippen LogP contribution in [0.1, 0.15) is 31.4 Å². The van der Waals surface area contributed by atoms with Gasteiger partial charge >= 0.3 is 0 Å². The van der Waals surface area contributed by atoms with E-state index in [4.69, 9.17) is 5.73 Å². The van der Waals surface area contributed by atoms with E-state index in [2.05, 4.69) is 17.2 Å². The van der Waals surface area contributed by atoms with Gasteiger partial charge in [0.1, 0.15) is 0 Å². The summed E-state index contributed by atoms with van der Waals surface area (Å²) in [4.78, 5) is 4.11. The second kappa shape index (κ2) is 7.68. The first-order valence-electron chi connectivity index (χ1n) is 6.00. The van der Waals surface area contributed by atoms with Gasteiger partial charge in [-0.1, -0.05) is 43.7 Å². The van der Waals surface area contributed by atoms with Crippen LogP contribution in [0.3, 0.4) is 0 Å². The number of aliphatic hydroxyl groups is 1. The molecule has 0 saturated heterocycles. The third kappa shape index (κ3) is 5.36. The summed E-state index contributed by atoms with van der Waals surface area (Å²) in [5, 5.41) is 12.9. The second-order valence-electron chi connectivity index (χ2n) is 3.93. The van der Waals surface area contributed by atoms with E-state index in [-0.39, 0.29) is 6.54 Å². The highest BCUT2D eigenvalue weighted by Crippen LogP contribution is 2.11. The molecule has 0 spiro atoms. The van der Waals surface area contributed by atoms with Crippen LogP contribution in [0.2, 0.25) is 0 Å². The van der Waals surface area contributed by atoms with E-state index in [0.717, 1.165) is 24.9 Å². The summed E-state index contributed by atoms with van der Waals surface area (Å²) in [5.41, 5.74) is 6.53. The van der Waals surface area contributed by atoms with Gasteiger partial charge in [-0.25, -0.2) is 0 Å². The van der Waals surface area contributed by atoms with Gasteiger partial charge in [0.05, 0.1) is 12.6 Å². The number of aliphatic imine (C=N–C) groups is 1. The third-order valence-corrected chi connectivity index (χ3v) is 2.46. The monoisotopic (exact) mass is 235 g/mol. The standard InChI is InChI=1S/C13H21N3O/c1-2-3-9-15-13(14)16-10-12(17)11-7-5-4-6-8-11/h4-8,12,17H,2-3,9-10H2,1H3,(H3,14,15,16). The molecule has 1 rings (SSSR count). The number of hydrogen-bond donors (Lipinski definition) is 3. The van der Waals surface area contributed by atoms with Gasteiger partial charge < -0.3 is 16.2 Å². The highest BCUT2D eigenvalue weighted by atomic mass is 16.3. The molecule has 1 unspecified atom stereocenters. The number of benzene rings is 1. The smallest absolute Gasteiger partial charge is 0.188 e. The Labute approximate surface area is 103 Å². The fourth-order valence-electron chi connectivity index (χ4n) is 1.41. The van der Waals surface area contributed by atoms with Crippen molar-refractivity contribution >= 4 is 5.96 Å². The minimum atomic E-state index is -0.595. The molecule has 0 aliphatic rings. The average Bonchev–Trinajstić information content (AvgIpc) is 2.37. The van der Waals surface area contributed by atoms with Crippen molar-refractivity contribution in [1.82, 2.24) is 5.32 Å². The molecule has 0 bridgehead atoms. The number of rotatable bonds is 6. The summed E-state index contributed by atoms with van der Waals surface area (Å²) in [7, 11) is 0. The van der Waals surface area contributed by atoms with Gasteiger partial charge in [-0.2, -0.15) is 0 Å². The van der Waals surface area contributed by atoms with Crippen LogP contribution in [0.5, 0.6) is 0 Å². The van der Waals surface area contributed by atoms with E-state index in [0.29, 0.717) is 5.96 Å². The summed E-state index contributed by atoms with van der Waals surface area (Å²) in [6.07, 6.45) is 1.59. The molecular formula is C13H21N3O. The predicted molar refractivity (Wildman–Crippen MR) is 70.8 cm³/mol. The van der Waals surface area contributed by atoms with Crippen molar-refractivity contribution in [3.05, 3.63) is 35.9 Å². The van der Waals surface area contributed by atoms with Crippen molar-refractivity contribution in [1.29, 1.82) is 0 Å². The van der Waals surface area contributed by atoms with Crippen LogP contribution in [0, 0.1) is 0 Å². The fraction of sp³-hybridized carbons (Fsp3) is 0.462. The van der Waals surface area contributed by atoms with Gasteiger partial charge in [-0.3, -0.25) is 4.99 Å². The van der Waals surface area contributed by atoms with E-state index < -0.39 is 6.10 Å². The van der Waals surface area contributed by atoms with Crippen LogP contribution in [0.25, 0.3) is 0 Å². The lowest BCUT2D eigenvalue weighted by atomic mass is 10.1. The van der Waals surface area contributed by atoms with E-state index in [1.165, 1.54) is 0 Å². The molecule has 0 saturated carbocycles. The topological polar surface area (TPSA) is 70.6 Å². The number of unbranched alkanes of at least 4 members (excludes halogenated alkanes) is 1. The first-order chi connectivity index (χ1) is 8.24. The number of aliphatic hydroxyl groups excluding tert-OH is 1. The van der Waals surface area contributed by atoms with Gasteiger partial charge in [0.15, 0.2) is 5.96 Å². The first kappa shape index (κ1) is 13.5. The molecular weight excluding hydrogens is 214 g/mol. The Balaban J connectivity index is 2.36. The molecule has 1 atom stereocenters. The normalized spacial score (nSPS) is 13.4. The van der Waals surface area contributed by atoms with Crippen molar-refractivity contribution in [3.8, 4) is 0 Å². The molecule has 0 aliphatic carbocycles. The Morgan fingerprint density at radius 1 is 1.41 bits per heavy atom. The maximum Gasteiger partial charge on any atom is 0.188 e. The summed E-state index contributed by atoms with van der Waals surface area (Å²) < 4.78 is 0. The summed E-state index contributed by atoms with van der Waals surface area (Å²) in [6.45, 7) is 3.23. The molecule has 0 fully saturated rings. The Morgan fingerprint density at radius 3 is 2.76 bits per heavy atom. The van der Waals surface area contributed by atoms with Gasteiger partial charge in [0.2, 0.25) is 0 Å². The van der Waals surface area contributed by atoms with Crippen molar-refractivity contribution < 1.29 is 5.11 Å². The Kier molecular flexibility index (Phi) is 6.10. The lowest BCUT2D eigenvalue weighted by molar-refractivity contribution is 0.187. The number of nitrogens with one attached hydrogen (secondary N) is 1. The van der Waals surface area contributed by atoms with Gasteiger partial charge in [-0.05, 0) is 12.0 Å². The van der Waals surface area contributed by atoms with Gasteiger partial charge in [-0.15, -0.1) is 0 Å². The molecule has 4 nitrogen and oxygen atoms in total. The van der Waals surface area contributed by atoms with Crippen LogP contribution in [0.4, 0.5) is 0 Å². The predicted octanol–water partition coefficient (Wildman–Crippen LogP) is 1.42. The Hall–Kier alpha value is -1.55. The minimum absolute atomic E-state index is 0.287. The average molecular weight is 235 g/mol. The van der Waals surface area contributed by atoms with E-state index in [1.54, 1.807) is 0 Å². The first-order valence-corrected chi connectivity index (χ1v) is 6.00. The van der Waals surface area contributed by atoms with Crippen LogP contribution >= 0.6 is 0 Å². The molecule has 0 heterocycles. The second-order valence-corrected chi connectivity index (χ2v) is 3.93. The minimum Gasteiger partial charge on any atom is -0.386 e. The molecule has 1 aromatic carbocycles. The summed E-state index contributed by atoms with van der Waals surface area (Å²) in [5.74, 6) is 0.397. The molecule has 0 aliphatic heterocycles. The fourth-order valence-corrected chi connectivity index (χ4v) is 1.41. The van der Waals surface area contributed by atoms with Crippen LogP contribution in [-0.4, -0.2) is 24.2 Å². The van der Waals surface area contributed by atoms with Crippen LogP contribution in [-0.2, 0) is 0 Å². The molecule has 4 heteroatoms. The van der Waals surface area contributed by atoms with Crippen molar-refractivity contribution in [2.24, 2.45) is 10.7 Å². The summed E-state index contributed by atoms with van der Waals surface area (Å²) in [6, 6.07) is 9.46. The zero-order valence-corrected chi connectivity index (χ0v) is 10.3. The molecule has 1 aromatic rings. The molecule has 0 radical (unpaired) electrons. The number of nitrogens with zero attached hydrogens (tertiary/aromatic N) is 1. The maximum atomic E-state index is 9.85. The van der Waals surface area contributed by atoms with Gasteiger partial charge in [0.25, 0.3) is 0 Å². The number of nitrogens with two attached hydrogens (primary N) is 1. The molecule has 4 N–H and O–H groups in total. The zero-order valence-electron chi connectivity index (χ0n) is 10.3. The van der Waals surface area contributed by atoms with Gasteiger partial charge in [0, 0.05) is 6.54 Å². The number of guanidine groups is 1. The summed E-state index contributed by atoms with van der Waals surface area (Å²) >= 11 is 0. The highest BCUT2D eigenvalue weighted by molar-refractivity contribution is 5.77. The Bertz CT molecular complexity index is 338. The SMILES string of the molecule is CCCCNC(N)=NCC(O)c1ccccc1. The maximum absolute atomic E-state index is 9.85. The molecule has 94 valence electrons. The van der Waals surface area contributed by atoms with E-state index >= 15 is 0 Å². The Morgan fingerprint density at radius 2 is 2.12 bits per heavy atom. The highest BCUT2D eigenvalue weighted by Gasteiger charge is 2.05. The van der Waals surface area contributed by atoms with Crippen LogP contribution < -0.4 is 11.1 Å². The lowest BCUT2D eigenvalue weighted by Crippen LogP contribution is -2.32. The third-order valence-electron chi connectivity index (χ3n) is 2.46. The van der Waals surface area contributed by atoms with Crippen molar-refractivity contribution in [3.63, 3.8) is 0 Å². The largest absolute Gasteiger partial charge is 0.386 e. The van der Waals surface area contributed by atoms with E-state index in [1.807, 2.05) is 30.3 Å². The van der Waals surface area contributed by atoms with Crippen LogP contribution in [0.15, 0.2) is 35.3 Å². The zero-order chi connectivity index (χ0) is 12.5. The molecule has 0 aromatic heterocycles. The molecule has 0 amide bonds.